The van der Waals surface area contributed by atoms with Gasteiger partial charge < -0.3 is 14.3 Å². The molecule has 1 aromatic heterocycles. The second-order valence-electron chi connectivity index (χ2n) is 6.39. The summed E-state index contributed by atoms with van der Waals surface area (Å²) in [7, 11) is 0. The molecular formula is C22H23NO4. The molecule has 1 heterocycles. The summed E-state index contributed by atoms with van der Waals surface area (Å²) in [4.78, 5) is 12.8. The monoisotopic (exact) mass is 365 g/mol. The van der Waals surface area contributed by atoms with E-state index >= 15 is 0 Å². The van der Waals surface area contributed by atoms with Crippen LogP contribution in [0.15, 0.2) is 77.4 Å². The molecule has 1 N–H and O–H groups in total. The molecule has 140 valence electrons. The standard InChI is InChI=1S/C22H23NO4/c24-16-19-8-10-21(11-9-19)27-17-20(25)14-23(15-22-7-4-12-26-22)13-18-5-2-1-3-6-18/h1-12,16,20,25H,13-15,17H2. The zero-order chi connectivity index (χ0) is 18.9. The molecule has 5 heteroatoms. The van der Waals surface area contributed by atoms with E-state index in [1.165, 1.54) is 5.56 Å². The van der Waals surface area contributed by atoms with E-state index in [9.17, 15) is 9.90 Å². The van der Waals surface area contributed by atoms with Crippen LogP contribution >= 0.6 is 0 Å². The number of aldehydes is 1. The number of carbonyl (C=O) groups excluding carboxylic acids is 1. The lowest BCUT2D eigenvalue weighted by Gasteiger charge is -2.24. The summed E-state index contributed by atoms with van der Waals surface area (Å²) in [5.41, 5.74) is 1.76. The van der Waals surface area contributed by atoms with Crippen LogP contribution in [-0.4, -0.2) is 35.5 Å². The van der Waals surface area contributed by atoms with Crippen LogP contribution in [0.25, 0.3) is 0 Å². The average molecular weight is 365 g/mol. The van der Waals surface area contributed by atoms with Gasteiger partial charge in [0, 0.05) is 18.7 Å². The van der Waals surface area contributed by atoms with Crippen molar-refractivity contribution in [3.05, 3.63) is 89.9 Å². The maximum Gasteiger partial charge on any atom is 0.150 e. The largest absolute Gasteiger partial charge is 0.491 e. The Morgan fingerprint density at radius 1 is 1.00 bits per heavy atom. The number of furan rings is 1. The van der Waals surface area contributed by atoms with Crippen molar-refractivity contribution in [1.82, 2.24) is 4.90 Å². The maximum atomic E-state index is 10.7. The number of nitrogens with zero attached hydrogens (tertiary/aromatic N) is 1. The SMILES string of the molecule is O=Cc1ccc(OCC(O)CN(Cc2ccccc2)Cc2ccco2)cc1. The van der Waals surface area contributed by atoms with Crippen LogP contribution < -0.4 is 4.74 Å². The van der Waals surface area contributed by atoms with E-state index in [1.807, 2.05) is 30.3 Å². The Morgan fingerprint density at radius 2 is 1.78 bits per heavy atom. The van der Waals surface area contributed by atoms with Crippen molar-refractivity contribution in [1.29, 1.82) is 0 Å². The van der Waals surface area contributed by atoms with E-state index in [0.717, 1.165) is 12.0 Å². The number of aliphatic hydroxyl groups excluding tert-OH is 1. The van der Waals surface area contributed by atoms with E-state index in [4.69, 9.17) is 9.15 Å². The molecule has 5 nitrogen and oxygen atoms in total. The number of aliphatic hydroxyl groups is 1. The van der Waals surface area contributed by atoms with Gasteiger partial charge in [0.25, 0.3) is 0 Å². The zero-order valence-corrected chi connectivity index (χ0v) is 15.0. The van der Waals surface area contributed by atoms with Crippen LogP contribution in [-0.2, 0) is 13.1 Å². The Balaban J connectivity index is 1.57. The first-order valence-corrected chi connectivity index (χ1v) is 8.87. The summed E-state index contributed by atoms with van der Waals surface area (Å²) in [6.07, 6.45) is 1.78. The molecule has 2 aromatic carbocycles. The first-order chi connectivity index (χ1) is 13.2. The Bertz CT molecular complexity index is 800. The number of carbonyl (C=O) groups is 1. The van der Waals surface area contributed by atoms with Gasteiger partial charge in [-0.15, -0.1) is 0 Å². The van der Waals surface area contributed by atoms with Gasteiger partial charge in [-0.3, -0.25) is 9.69 Å². The lowest BCUT2D eigenvalue weighted by Crippen LogP contribution is -2.35. The van der Waals surface area contributed by atoms with Gasteiger partial charge in [0.1, 0.15) is 30.5 Å². The Morgan fingerprint density at radius 3 is 2.44 bits per heavy atom. The average Bonchev–Trinajstić information content (AvgIpc) is 3.20. The summed E-state index contributed by atoms with van der Waals surface area (Å²) in [6, 6.07) is 20.7. The Hall–Kier alpha value is -2.89. The molecule has 27 heavy (non-hydrogen) atoms. The molecule has 0 amide bonds. The van der Waals surface area contributed by atoms with Gasteiger partial charge in [0.15, 0.2) is 0 Å². The highest BCUT2D eigenvalue weighted by Crippen LogP contribution is 2.14. The fourth-order valence-electron chi connectivity index (χ4n) is 2.84. The highest BCUT2D eigenvalue weighted by atomic mass is 16.5. The minimum Gasteiger partial charge on any atom is -0.491 e. The van der Waals surface area contributed by atoms with Crippen LogP contribution in [0.3, 0.4) is 0 Å². The van der Waals surface area contributed by atoms with Crippen LogP contribution in [0.5, 0.6) is 5.75 Å². The number of rotatable bonds is 10. The molecule has 0 aliphatic carbocycles. The molecule has 0 saturated heterocycles. The van der Waals surface area contributed by atoms with Crippen molar-refractivity contribution in [2.75, 3.05) is 13.2 Å². The van der Waals surface area contributed by atoms with E-state index in [1.54, 1.807) is 30.5 Å². The minimum atomic E-state index is -0.658. The van der Waals surface area contributed by atoms with Crippen molar-refractivity contribution in [2.45, 2.75) is 19.2 Å². The minimum absolute atomic E-state index is 0.171. The van der Waals surface area contributed by atoms with Crippen LogP contribution in [0.1, 0.15) is 21.7 Å². The van der Waals surface area contributed by atoms with Gasteiger partial charge in [0.05, 0.1) is 12.8 Å². The van der Waals surface area contributed by atoms with Crippen molar-refractivity contribution < 1.29 is 19.1 Å². The summed E-state index contributed by atoms with van der Waals surface area (Å²) in [5.74, 6) is 1.48. The third kappa shape index (κ3) is 6.09. The fourth-order valence-corrected chi connectivity index (χ4v) is 2.84. The molecule has 0 radical (unpaired) electrons. The summed E-state index contributed by atoms with van der Waals surface area (Å²) >= 11 is 0. The zero-order valence-electron chi connectivity index (χ0n) is 15.0. The molecule has 0 spiro atoms. The van der Waals surface area contributed by atoms with Gasteiger partial charge in [-0.1, -0.05) is 30.3 Å². The summed E-state index contributed by atoms with van der Waals surface area (Å²) in [6.45, 7) is 1.92. The third-order valence-electron chi connectivity index (χ3n) is 4.14. The maximum absolute atomic E-state index is 10.7. The topological polar surface area (TPSA) is 62.9 Å². The van der Waals surface area contributed by atoms with Gasteiger partial charge in [-0.2, -0.15) is 0 Å². The molecule has 3 rings (SSSR count). The predicted octanol–water partition coefficient (Wildman–Crippen LogP) is 3.53. The highest BCUT2D eigenvalue weighted by molar-refractivity contribution is 5.74. The molecule has 1 unspecified atom stereocenters. The number of ether oxygens (including phenoxy) is 1. The van der Waals surface area contributed by atoms with E-state index in [-0.39, 0.29) is 6.61 Å². The van der Waals surface area contributed by atoms with Crippen molar-refractivity contribution in [3.8, 4) is 5.75 Å². The van der Waals surface area contributed by atoms with Gasteiger partial charge in [0.2, 0.25) is 0 Å². The molecule has 3 aromatic rings. The fraction of sp³-hybridized carbons (Fsp3) is 0.227. The van der Waals surface area contributed by atoms with Gasteiger partial charge in [-0.25, -0.2) is 0 Å². The second-order valence-corrected chi connectivity index (χ2v) is 6.39. The quantitative estimate of drug-likeness (QED) is 0.557. The van der Waals surface area contributed by atoms with Crippen LogP contribution in [0.4, 0.5) is 0 Å². The van der Waals surface area contributed by atoms with Gasteiger partial charge in [-0.05, 0) is 42.0 Å². The Kier molecular flexibility index (Phi) is 6.79. The molecule has 0 fully saturated rings. The Labute approximate surface area is 158 Å². The molecular weight excluding hydrogens is 342 g/mol. The smallest absolute Gasteiger partial charge is 0.150 e. The highest BCUT2D eigenvalue weighted by Gasteiger charge is 2.15. The molecule has 1 atom stereocenters. The lowest BCUT2D eigenvalue weighted by atomic mass is 10.2. The molecule has 0 aliphatic heterocycles. The van der Waals surface area contributed by atoms with E-state index < -0.39 is 6.10 Å². The van der Waals surface area contributed by atoms with E-state index in [0.29, 0.717) is 30.9 Å². The number of hydrogen-bond donors (Lipinski definition) is 1. The second kappa shape index (κ2) is 9.71. The van der Waals surface area contributed by atoms with Crippen LogP contribution in [0.2, 0.25) is 0 Å². The van der Waals surface area contributed by atoms with E-state index in [2.05, 4.69) is 17.0 Å². The molecule has 0 saturated carbocycles. The van der Waals surface area contributed by atoms with Crippen molar-refractivity contribution in [3.63, 3.8) is 0 Å². The van der Waals surface area contributed by atoms with Crippen molar-refractivity contribution in [2.24, 2.45) is 0 Å². The number of hydrogen-bond acceptors (Lipinski definition) is 5. The van der Waals surface area contributed by atoms with Crippen molar-refractivity contribution >= 4 is 6.29 Å². The normalized spacial score (nSPS) is 12.1. The third-order valence-corrected chi connectivity index (χ3v) is 4.14. The van der Waals surface area contributed by atoms with Crippen LogP contribution in [0, 0.1) is 0 Å². The molecule has 0 aliphatic rings. The first kappa shape index (κ1) is 18.9. The summed E-state index contributed by atoms with van der Waals surface area (Å²) < 4.78 is 11.1. The molecule has 0 bridgehead atoms. The predicted molar refractivity (Wildman–Crippen MR) is 103 cm³/mol. The number of benzene rings is 2. The first-order valence-electron chi connectivity index (χ1n) is 8.87. The summed E-state index contributed by atoms with van der Waals surface area (Å²) in [5, 5.41) is 10.4. The van der Waals surface area contributed by atoms with Gasteiger partial charge >= 0.3 is 0 Å². The lowest BCUT2D eigenvalue weighted by molar-refractivity contribution is 0.0604.